The number of esters is 3. The first-order chi connectivity index (χ1) is 35.1. The van der Waals surface area contributed by atoms with Gasteiger partial charge in [0.05, 0.1) is 19.8 Å². The molecule has 0 heterocycles. The van der Waals surface area contributed by atoms with Crippen LogP contribution >= 0.6 is 0 Å². The summed E-state index contributed by atoms with van der Waals surface area (Å²) in [6, 6.07) is 28.4. The Hall–Kier alpha value is -6.30. The minimum Gasteiger partial charge on any atom is -0.464 e. The molecular weight excluding hydrogens is 907 g/mol. The summed E-state index contributed by atoms with van der Waals surface area (Å²) in [5, 5.41) is 8.49. The fourth-order valence-corrected chi connectivity index (χ4v) is 8.34. The fraction of sp³-hybridized carbons (Fsp3) is 0.500. The van der Waals surface area contributed by atoms with E-state index in [-0.39, 0.29) is 55.8 Å². The Bertz CT molecular complexity index is 1940. The molecule has 0 aliphatic carbocycles. The summed E-state index contributed by atoms with van der Waals surface area (Å²) in [5.41, 5.74) is 2.04. The van der Waals surface area contributed by atoms with Gasteiger partial charge in [0, 0.05) is 36.0 Å². The zero-order valence-corrected chi connectivity index (χ0v) is 43.3. The van der Waals surface area contributed by atoms with Gasteiger partial charge in [-0.1, -0.05) is 208 Å². The highest BCUT2D eigenvalue weighted by Gasteiger charge is 2.29. The molecule has 4 aromatic carbocycles. The maximum atomic E-state index is 14.4. The van der Waals surface area contributed by atoms with Crippen molar-refractivity contribution in [2.24, 2.45) is 0 Å². The maximum absolute atomic E-state index is 14.4. The number of benzene rings is 4. The number of amides is 3. The summed E-state index contributed by atoms with van der Waals surface area (Å²) in [5.74, 6) is -4.06. The third kappa shape index (κ3) is 22.8. The lowest BCUT2D eigenvalue weighted by molar-refractivity contribution is -0.146. The Morgan fingerprint density at radius 2 is 0.583 bits per heavy atom. The summed E-state index contributed by atoms with van der Waals surface area (Å²) in [4.78, 5) is 84.5. The Morgan fingerprint density at radius 1 is 0.347 bits per heavy atom. The van der Waals surface area contributed by atoms with Crippen molar-refractivity contribution in [2.75, 3.05) is 19.8 Å². The van der Waals surface area contributed by atoms with Crippen LogP contribution in [-0.4, -0.2) is 73.6 Å². The van der Waals surface area contributed by atoms with Crippen LogP contribution in [0.2, 0.25) is 0 Å². The molecule has 12 heteroatoms. The average Bonchev–Trinajstić information content (AvgIpc) is 3.40. The number of hydrogen-bond donors (Lipinski definition) is 3. The molecule has 4 aromatic rings. The molecule has 0 radical (unpaired) electrons. The summed E-state index contributed by atoms with van der Waals surface area (Å²) in [6.45, 7) is 7.06. The highest BCUT2D eigenvalue weighted by molar-refractivity contribution is 6.06. The van der Waals surface area contributed by atoms with Gasteiger partial charge in [-0.2, -0.15) is 0 Å². The Morgan fingerprint density at radius 3 is 0.833 bits per heavy atom. The van der Waals surface area contributed by atoms with Crippen LogP contribution in [0, 0.1) is 0 Å². The predicted molar refractivity (Wildman–Crippen MR) is 284 cm³/mol. The zero-order valence-electron chi connectivity index (χ0n) is 43.3. The molecule has 3 atom stereocenters. The van der Waals surface area contributed by atoms with E-state index in [0.29, 0.717) is 19.3 Å². The first-order valence-corrected chi connectivity index (χ1v) is 26.8. The molecule has 72 heavy (non-hydrogen) atoms. The van der Waals surface area contributed by atoms with Crippen molar-refractivity contribution in [1.29, 1.82) is 0 Å². The zero-order chi connectivity index (χ0) is 51.6. The largest absolute Gasteiger partial charge is 0.464 e. The number of nitrogens with one attached hydrogen (secondary N) is 3. The average molecular weight is 988 g/mol. The number of unbranched alkanes of at least 4 members (excludes halogenated alkanes) is 15. The summed E-state index contributed by atoms with van der Waals surface area (Å²) in [7, 11) is 0. The molecule has 3 N–H and O–H groups in total. The third-order valence-electron chi connectivity index (χ3n) is 12.6. The molecule has 0 aromatic heterocycles. The molecule has 0 bridgehead atoms. The lowest BCUT2D eigenvalue weighted by atomic mass is 10.0. The van der Waals surface area contributed by atoms with E-state index in [1.807, 2.05) is 91.0 Å². The van der Waals surface area contributed by atoms with Crippen molar-refractivity contribution < 1.29 is 43.0 Å². The molecule has 0 saturated carbocycles. The maximum Gasteiger partial charge on any atom is 0.328 e. The van der Waals surface area contributed by atoms with E-state index in [4.69, 9.17) is 14.2 Å². The van der Waals surface area contributed by atoms with Gasteiger partial charge in [-0.05, 0) is 54.2 Å². The number of carbonyl (C=O) groups is 6. The van der Waals surface area contributed by atoms with Crippen LogP contribution in [0.1, 0.15) is 184 Å². The molecule has 3 unspecified atom stereocenters. The molecule has 0 fully saturated rings. The third-order valence-corrected chi connectivity index (χ3v) is 12.6. The van der Waals surface area contributed by atoms with Crippen LogP contribution in [-0.2, 0) is 47.9 Å². The SMILES string of the molecule is CCCCCCCCOC(=O)C(Cc1ccccc1)NC(=O)c1cc(C(=O)NC(Cc2ccccc2)C(=O)OCCCCCCCC)cc(C(=O)NC(Cc2ccccc2)C(=O)OCCCCCCCC)c1. The number of rotatable bonds is 36. The number of carbonyl (C=O) groups excluding carboxylic acids is 6. The predicted octanol–water partition coefficient (Wildman–Crippen LogP) is 11.4. The minimum absolute atomic E-state index is 0.106. The lowest BCUT2D eigenvalue weighted by Gasteiger charge is -2.21. The van der Waals surface area contributed by atoms with Crippen LogP contribution in [0.25, 0.3) is 0 Å². The van der Waals surface area contributed by atoms with Gasteiger partial charge in [0.2, 0.25) is 0 Å². The summed E-state index contributed by atoms with van der Waals surface area (Å²) >= 11 is 0. The topological polar surface area (TPSA) is 166 Å². The van der Waals surface area contributed by atoms with Gasteiger partial charge >= 0.3 is 17.9 Å². The van der Waals surface area contributed by atoms with Gasteiger partial charge in [0.15, 0.2) is 0 Å². The van der Waals surface area contributed by atoms with Crippen molar-refractivity contribution in [3.05, 3.63) is 143 Å². The van der Waals surface area contributed by atoms with E-state index in [1.165, 1.54) is 18.2 Å². The number of ether oxygens (including phenoxy) is 3. The van der Waals surface area contributed by atoms with Crippen molar-refractivity contribution in [2.45, 2.75) is 174 Å². The van der Waals surface area contributed by atoms with Gasteiger partial charge in [-0.3, -0.25) is 14.4 Å². The Kier molecular flexibility index (Phi) is 28.3. The molecule has 390 valence electrons. The molecule has 0 aliphatic heterocycles. The van der Waals surface area contributed by atoms with Gasteiger partial charge in [0.25, 0.3) is 17.7 Å². The van der Waals surface area contributed by atoms with E-state index < -0.39 is 53.8 Å². The summed E-state index contributed by atoms with van der Waals surface area (Å²) in [6.07, 6.45) is 18.5. The molecule has 0 saturated heterocycles. The van der Waals surface area contributed by atoms with E-state index in [0.717, 1.165) is 113 Å². The van der Waals surface area contributed by atoms with Gasteiger partial charge in [-0.15, -0.1) is 0 Å². The van der Waals surface area contributed by atoms with E-state index in [1.54, 1.807) is 0 Å². The Labute approximate surface area is 429 Å². The van der Waals surface area contributed by atoms with Crippen molar-refractivity contribution in [3.63, 3.8) is 0 Å². The second-order valence-electron chi connectivity index (χ2n) is 18.8. The standard InChI is InChI=1S/C60H81N3O9/c1-4-7-10-13-16-28-37-70-58(67)52(40-46-31-22-19-23-32-46)61-55(64)49-43-50(56(65)62-53(41-47-33-24-20-25-34-47)59(68)71-38-29-17-14-11-8-5-2)45-51(44-49)57(66)63-54(42-48-35-26-21-27-36-48)60(69)72-39-30-18-15-12-9-6-3/h19-27,31-36,43-45,52-54H,4-18,28-30,37-42H2,1-3H3,(H,61,64)(H,62,65)(H,63,66). The monoisotopic (exact) mass is 988 g/mol. The Balaban J connectivity index is 1.66. The normalized spacial score (nSPS) is 12.2. The van der Waals surface area contributed by atoms with Crippen molar-refractivity contribution >= 4 is 35.6 Å². The van der Waals surface area contributed by atoms with Crippen molar-refractivity contribution in [3.8, 4) is 0 Å². The molecule has 0 spiro atoms. The fourth-order valence-electron chi connectivity index (χ4n) is 8.34. The molecule has 12 nitrogen and oxygen atoms in total. The van der Waals surface area contributed by atoms with Crippen LogP contribution in [0.5, 0.6) is 0 Å². The van der Waals surface area contributed by atoms with Gasteiger partial charge < -0.3 is 30.2 Å². The van der Waals surface area contributed by atoms with Gasteiger partial charge in [-0.25, -0.2) is 14.4 Å². The molecule has 3 amide bonds. The smallest absolute Gasteiger partial charge is 0.328 e. The second-order valence-corrected chi connectivity index (χ2v) is 18.8. The van der Waals surface area contributed by atoms with Crippen molar-refractivity contribution in [1.82, 2.24) is 16.0 Å². The van der Waals surface area contributed by atoms with E-state index in [2.05, 4.69) is 36.7 Å². The number of hydrogen-bond acceptors (Lipinski definition) is 9. The highest BCUT2D eigenvalue weighted by atomic mass is 16.5. The quantitative estimate of drug-likeness (QED) is 0.0228. The van der Waals surface area contributed by atoms with Crippen LogP contribution in [0.3, 0.4) is 0 Å². The van der Waals surface area contributed by atoms with Crippen LogP contribution in [0.4, 0.5) is 0 Å². The summed E-state index contributed by atoms with van der Waals surface area (Å²) < 4.78 is 17.2. The molecular formula is C60H81N3O9. The second kappa shape index (κ2) is 34.9. The van der Waals surface area contributed by atoms with Gasteiger partial charge in [0.1, 0.15) is 18.1 Å². The van der Waals surface area contributed by atoms with Crippen LogP contribution in [0.15, 0.2) is 109 Å². The van der Waals surface area contributed by atoms with E-state index >= 15 is 0 Å². The molecule has 4 rings (SSSR count). The van der Waals surface area contributed by atoms with E-state index in [9.17, 15) is 28.8 Å². The minimum atomic E-state index is -1.11. The lowest BCUT2D eigenvalue weighted by Crippen LogP contribution is -2.45. The molecule has 0 aliphatic rings. The first-order valence-electron chi connectivity index (χ1n) is 26.8. The first kappa shape index (κ1) is 58.3. The van der Waals surface area contributed by atoms with Crippen LogP contribution < -0.4 is 16.0 Å². The highest BCUT2D eigenvalue weighted by Crippen LogP contribution is 2.17.